The molecule has 124 valence electrons. The number of likely N-dealkylation sites (tertiary alicyclic amines) is 1. The molecule has 2 rings (SSSR count). The minimum atomic E-state index is -0.00944. The molecule has 6 heteroatoms. The average Bonchev–Trinajstić information content (AvgIpc) is 3.36. The van der Waals surface area contributed by atoms with Gasteiger partial charge in [-0.05, 0) is 32.1 Å². The molecule has 2 fully saturated rings. The zero-order valence-electron chi connectivity index (χ0n) is 13.4. The third-order valence-corrected chi connectivity index (χ3v) is 4.35. The third kappa shape index (κ3) is 5.00. The standard InChI is InChI=1S/C16H27N3O3/c1-2-3-14(20)19-10-6-13(7-11-19)16(22)18-9-8-17-15(21)12-4-5-12/h12-13H,2-11H2,1H3,(H,17,21)(H,18,22). The van der Waals surface area contributed by atoms with Crippen LogP contribution in [0.1, 0.15) is 45.4 Å². The second-order valence-electron chi connectivity index (χ2n) is 6.26. The summed E-state index contributed by atoms with van der Waals surface area (Å²) in [6, 6.07) is 0. The third-order valence-electron chi connectivity index (χ3n) is 4.35. The largest absolute Gasteiger partial charge is 0.354 e. The average molecular weight is 309 g/mol. The van der Waals surface area contributed by atoms with Crippen molar-refractivity contribution in [1.82, 2.24) is 15.5 Å². The van der Waals surface area contributed by atoms with Crippen LogP contribution in [0.2, 0.25) is 0 Å². The summed E-state index contributed by atoms with van der Waals surface area (Å²) in [5, 5.41) is 5.71. The number of carbonyl (C=O) groups excluding carboxylic acids is 3. The van der Waals surface area contributed by atoms with Gasteiger partial charge in [0, 0.05) is 44.4 Å². The van der Waals surface area contributed by atoms with E-state index in [0.717, 1.165) is 32.1 Å². The molecule has 0 aromatic heterocycles. The van der Waals surface area contributed by atoms with Crippen LogP contribution in [0.5, 0.6) is 0 Å². The first-order valence-electron chi connectivity index (χ1n) is 8.45. The number of piperidine rings is 1. The van der Waals surface area contributed by atoms with Gasteiger partial charge in [0.1, 0.15) is 0 Å². The second-order valence-corrected chi connectivity index (χ2v) is 6.26. The Bertz CT molecular complexity index is 413. The predicted molar refractivity (Wildman–Crippen MR) is 83.0 cm³/mol. The highest BCUT2D eigenvalue weighted by Crippen LogP contribution is 2.28. The van der Waals surface area contributed by atoms with E-state index < -0.39 is 0 Å². The maximum atomic E-state index is 12.1. The Kier molecular flexibility index (Phi) is 6.21. The van der Waals surface area contributed by atoms with Crippen molar-refractivity contribution in [3.63, 3.8) is 0 Å². The van der Waals surface area contributed by atoms with Gasteiger partial charge >= 0.3 is 0 Å². The van der Waals surface area contributed by atoms with Crippen molar-refractivity contribution in [3.8, 4) is 0 Å². The highest BCUT2D eigenvalue weighted by molar-refractivity contribution is 5.81. The molecule has 1 heterocycles. The van der Waals surface area contributed by atoms with Gasteiger partial charge < -0.3 is 15.5 Å². The summed E-state index contributed by atoms with van der Waals surface area (Å²) >= 11 is 0. The highest BCUT2D eigenvalue weighted by atomic mass is 16.2. The van der Waals surface area contributed by atoms with Crippen molar-refractivity contribution in [2.45, 2.75) is 45.4 Å². The molecule has 1 saturated heterocycles. The Morgan fingerprint density at radius 2 is 1.41 bits per heavy atom. The molecular weight excluding hydrogens is 282 g/mol. The molecule has 0 radical (unpaired) electrons. The van der Waals surface area contributed by atoms with Crippen molar-refractivity contribution in [1.29, 1.82) is 0 Å². The maximum absolute atomic E-state index is 12.1. The van der Waals surface area contributed by atoms with Gasteiger partial charge in [0.05, 0.1) is 0 Å². The number of nitrogens with one attached hydrogen (secondary N) is 2. The minimum Gasteiger partial charge on any atom is -0.354 e. The lowest BCUT2D eigenvalue weighted by Crippen LogP contribution is -2.44. The van der Waals surface area contributed by atoms with Crippen molar-refractivity contribution >= 4 is 17.7 Å². The van der Waals surface area contributed by atoms with E-state index in [2.05, 4.69) is 10.6 Å². The van der Waals surface area contributed by atoms with Crippen molar-refractivity contribution < 1.29 is 14.4 Å². The van der Waals surface area contributed by atoms with Crippen LogP contribution in [-0.4, -0.2) is 48.8 Å². The van der Waals surface area contributed by atoms with Crippen LogP contribution in [0.15, 0.2) is 0 Å². The molecule has 0 aromatic rings. The molecule has 1 aliphatic heterocycles. The molecule has 3 amide bonds. The fourth-order valence-corrected chi connectivity index (χ4v) is 2.77. The van der Waals surface area contributed by atoms with Gasteiger partial charge in [-0.15, -0.1) is 0 Å². The molecule has 0 atom stereocenters. The number of nitrogens with zero attached hydrogens (tertiary/aromatic N) is 1. The quantitative estimate of drug-likeness (QED) is 0.678. The molecular formula is C16H27N3O3. The lowest BCUT2D eigenvalue weighted by atomic mass is 9.95. The number of hydrogen-bond acceptors (Lipinski definition) is 3. The zero-order chi connectivity index (χ0) is 15.9. The van der Waals surface area contributed by atoms with Gasteiger partial charge in [0.15, 0.2) is 0 Å². The highest BCUT2D eigenvalue weighted by Gasteiger charge is 2.29. The predicted octanol–water partition coefficient (Wildman–Crippen LogP) is 0.668. The zero-order valence-corrected chi connectivity index (χ0v) is 13.4. The smallest absolute Gasteiger partial charge is 0.223 e. The van der Waals surface area contributed by atoms with E-state index in [9.17, 15) is 14.4 Å². The molecule has 6 nitrogen and oxygen atoms in total. The topological polar surface area (TPSA) is 78.5 Å². The van der Waals surface area contributed by atoms with Gasteiger partial charge in [-0.25, -0.2) is 0 Å². The van der Waals surface area contributed by atoms with E-state index in [1.807, 2.05) is 11.8 Å². The Morgan fingerprint density at radius 1 is 0.909 bits per heavy atom. The lowest BCUT2D eigenvalue weighted by Gasteiger charge is -2.31. The Labute approximate surface area is 132 Å². The number of amides is 3. The van der Waals surface area contributed by atoms with Crippen molar-refractivity contribution in [3.05, 3.63) is 0 Å². The van der Waals surface area contributed by atoms with Crippen LogP contribution in [0.3, 0.4) is 0 Å². The lowest BCUT2D eigenvalue weighted by molar-refractivity contribution is -0.135. The van der Waals surface area contributed by atoms with E-state index in [0.29, 0.717) is 32.6 Å². The van der Waals surface area contributed by atoms with Crippen LogP contribution in [0, 0.1) is 11.8 Å². The Morgan fingerprint density at radius 3 is 1.86 bits per heavy atom. The Balaban J connectivity index is 1.58. The molecule has 2 N–H and O–H groups in total. The molecule has 22 heavy (non-hydrogen) atoms. The summed E-state index contributed by atoms with van der Waals surface area (Å²) in [7, 11) is 0. The molecule has 0 bridgehead atoms. The number of rotatable bonds is 7. The number of hydrogen-bond donors (Lipinski definition) is 2. The van der Waals surface area contributed by atoms with Gasteiger partial charge in [0.2, 0.25) is 17.7 Å². The summed E-state index contributed by atoms with van der Waals surface area (Å²) in [5.41, 5.74) is 0. The SMILES string of the molecule is CCCC(=O)N1CCC(C(=O)NCCNC(=O)C2CC2)CC1. The van der Waals surface area contributed by atoms with Gasteiger partial charge in [-0.1, -0.05) is 6.92 Å². The van der Waals surface area contributed by atoms with Gasteiger partial charge in [-0.2, -0.15) is 0 Å². The normalized spacial score (nSPS) is 18.9. The summed E-state index contributed by atoms with van der Waals surface area (Å²) in [5.74, 6) is 0.551. The molecule has 0 unspecified atom stereocenters. The molecule has 0 aromatic carbocycles. The maximum Gasteiger partial charge on any atom is 0.223 e. The van der Waals surface area contributed by atoms with Crippen LogP contribution < -0.4 is 10.6 Å². The number of carbonyl (C=O) groups is 3. The van der Waals surface area contributed by atoms with Crippen LogP contribution >= 0.6 is 0 Å². The van der Waals surface area contributed by atoms with Crippen LogP contribution in [0.4, 0.5) is 0 Å². The van der Waals surface area contributed by atoms with E-state index in [4.69, 9.17) is 0 Å². The van der Waals surface area contributed by atoms with Gasteiger partial charge in [-0.3, -0.25) is 14.4 Å². The molecule has 1 saturated carbocycles. The second kappa shape index (κ2) is 8.15. The van der Waals surface area contributed by atoms with Gasteiger partial charge in [0.25, 0.3) is 0 Å². The monoisotopic (exact) mass is 309 g/mol. The first-order chi connectivity index (χ1) is 10.6. The first kappa shape index (κ1) is 16.8. The minimum absolute atomic E-state index is 0.00944. The fraction of sp³-hybridized carbons (Fsp3) is 0.812. The molecule has 2 aliphatic rings. The summed E-state index contributed by atoms with van der Waals surface area (Å²) < 4.78 is 0. The van der Waals surface area contributed by atoms with Crippen molar-refractivity contribution in [2.24, 2.45) is 11.8 Å². The van der Waals surface area contributed by atoms with E-state index in [-0.39, 0.29) is 29.6 Å². The Hall–Kier alpha value is -1.59. The summed E-state index contributed by atoms with van der Waals surface area (Å²) in [4.78, 5) is 37.2. The summed E-state index contributed by atoms with van der Waals surface area (Å²) in [6.45, 7) is 4.33. The van der Waals surface area contributed by atoms with Crippen LogP contribution in [0.25, 0.3) is 0 Å². The van der Waals surface area contributed by atoms with E-state index in [1.165, 1.54) is 0 Å². The van der Waals surface area contributed by atoms with Crippen molar-refractivity contribution in [2.75, 3.05) is 26.2 Å². The first-order valence-corrected chi connectivity index (χ1v) is 8.45. The van der Waals surface area contributed by atoms with Crippen LogP contribution in [-0.2, 0) is 14.4 Å². The molecule has 1 aliphatic carbocycles. The van der Waals surface area contributed by atoms with E-state index in [1.54, 1.807) is 0 Å². The fourth-order valence-electron chi connectivity index (χ4n) is 2.77. The van der Waals surface area contributed by atoms with E-state index >= 15 is 0 Å². The molecule has 0 spiro atoms. The summed E-state index contributed by atoms with van der Waals surface area (Å²) in [6.07, 6.45) is 4.91.